The topological polar surface area (TPSA) is 99.4 Å². The van der Waals surface area contributed by atoms with Crippen LogP contribution in [0.4, 0.5) is 5.00 Å². The summed E-state index contributed by atoms with van der Waals surface area (Å²) in [4.78, 5) is 23.3. The molecule has 0 bridgehead atoms. The minimum atomic E-state index is -1.12. The number of amides is 1. The molecule has 1 aliphatic carbocycles. The van der Waals surface area contributed by atoms with E-state index in [2.05, 4.69) is 18.3 Å². The maximum atomic E-state index is 11.8. The molecule has 1 aromatic heterocycles. The van der Waals surface area contributed by atoms with Crippen LogP contribution in [0.5, 0.6) is 0 Å². The standard InChI is InChI=1S/C15H18N2O4S/c1-2-9-3-4-10-11(6-16)15(22-12(10)5-9)17-13(18)7-21-8-14(19)20/h9H,2-5,7-8H2,1H3,(H,17,18)(H,19,20)/t9-/m0/s1. The van der Waals surface area contributed by atoms with E-state index >= 15 is 0 Å². The SMILES string of the molecule is CC[C@H]1CCc2c(sc(NC(=O)COCC(=O)O)c2C#N)C1. The molecule has 1 amide bonds. The molecule has 2 rings (SSSR count). The second-order valence-electron chi connectivity index (χ2n) is 5.27. The van der Waals surface area contributed by atoms with Crippen LogP contribution in [0.3, 0.4) is 0 Å². The van der Waals surface area contributed by atoms with E-state index in [0.29, 0.717) is 16.5 Å². The van der Waals surface area contributed by atoms with Crippen molar-refractivity contribution in [1.82, 2.24) is 0 Å². The highest BCUT2D eigenvalue weighted by molar-refractivity contribution is 7.16. The largest absolute Gasteiger partial charge is 0.480 e. The molecule has 7 heteroatoms. The zero-order chi connectivity index (χ0) is 16.1. The first kappa shape index (κ1) is 16.5. The summed E-state index contributed by atoms with van der Waals surface area (Å²) in [6.07, 6.45) is 4.02. The number of hydrogen-bond donors (Lipinski definition) is 2. The molecule has 118 valence electrons. The number of hydrogen-bond acceptors (Lipinski definition) is 5. The predicted octanol–water partition coefficient (Wildman–Crippen LogP) is 2.17. The quantitative estimate of drug-likeness (QED) is 0.836. The third kappa shape index (κ3) is 3.84. The third-order valence-corrected chi connectivity index (χ3v) is 4.94. The fourth-order valence-electron chi connectivity index (χ4n) is 2.60. The molecular weight excluding hydrogens is 304 g/mol. The van der Waals surface area contributed by atoms with Crippen molar-refractivity contribution in [2.24, 2.45) is 5.92 Å². The van der Waals surface area contributed by atoms with Crippen molar-refractivity contribution in [2.45, 2.75) is 32.6 Å². The molecule has 0 saturated heterocycles. The van der Waals surface area contributed by atoms with Crippen LogP contribution >= 0.6 is 11.3 Å². The van der Waals surface area contributed by atoms with Crippen molar-refractivity contribution < 1.29 is 19.4 Å². The first-order chi connectivity index (χ1) is 10.5. The molecule has 1 heterocycles. The Bertz CT molecular complexity index is 618. The molecule has 1 aliphatic rings. The first-order valence-corrected chi connectivity index (χ1v) is 8.00. The van der Waals surface area contributed by atoms with Gasteiger partial charge in [0.25, 0.3) is 5.91 Å². The molecule has 0 aromatic carbocycles. The van der Waals surface area contributed by atoms with Crippen LogP contribution < -0.4 is 5.32 Å². The molecule has 1 aromatic rings. The van der Waals surface area contributed by atoms with Crippen LogP contribution in [0.1, 0.15) is 35.8 Å². The lowest BCUT2D eigenvalue weighted by Crippen LogP contribution is -2.20. The van der Waals surface area contributed by atoms with Crippen molar-refractivity contribution in [2.75, 3.05) is 18.5 Å². The number of carbonyl (C=O) groups excluding carboxylic acids is 1. The molecule has 0 aliphatic heterocycles. The van der Waals surface area contributed by atoms with Crippen LogP contribution in [-0.2, 0) is 27.2 Å². The fraction of sp³-hybridized carbons (Fsp3) is 0.533. The van der Waals surface area contributed by atoms with Crippen LogP contribution in [0.25, 0.3) is 0 Å². The number of nitrogens with one attached hydrogen (secondary N) is 1. The van der Waals surface area contributed by atoms with Crippen molar-refractivity contribution in [1.29, 1.82) is 5.26 Å². The molecular formula is C15H18N2O4S. The molecule has 0 saturated carbocycles. The van der Waals surface area contributed by atoms with E-state index in [1.807, 2.05) is 0 Å². The normalized spacial score (nSPS) is 16.6. The highest BCUT2D eigenvalue weighted by atomic mass is 32.1. The Morgan fingerprint density at radius 2 is 2.27 bits per heavy atom. The smallest absolute Gasteiger partial charge is 0.329 e. The Balaban J connectivity index is 2.05. The number of ether oxygens (including phenoxy) is 1. The van der Waals surface area contributed by atoms with Gasteiger partial charge in [0.15, 0.2) is 0 Å². The van der Waals surface area contributed by atoms with Crippen molar-refractivity contribution in [3.8, 4) is 6.07 Å². The monoisotopic (exact) mass is 322 g/mol. The van der Waals surface area contributed by atoms with Gasteiger partial charge < -0.3 is 15.2 Å². The summed E-state index contributed by atoms with van der Waals surface area (Å²) >= 11 is 1.45. The molecule has 0 spiro atoms. The number of carboxylic acids is 1. The number of carbonyl (C=O) groups is 2. The Morgan fingerprint density at radius 3 is 2.91 bits per heavy atom. The van der Waals surface area contributed by atoms with Gasteiger partial charge in [-0.15, -0.1) is 11.3 Å². The fourth-order valence-corrected chi connectivity index (χ4v) is 3.93. The molecule has 2 N–H and O–H groups in total. The minimum Gasteiger partial charge on any atom is -0.480 e. The van der Waals surface area contributed by atoms with Crippen LogP contribution in [0.2, 0.25) is 0 Å². The predicted molar refractivity (Wildman–Crippen MR) is 81.9 cm³/mol. The lowest BCUT2D eigenvalue weighted by molar-refractivity contribution is -0.143. The van der Waals surface area contributed by atoms with Gasteiger partial charge in [-0.05, 0) is 30.7 Å². The number of thiophene rings is 1. The van der Waals surface area contributed by atoms with E-state index in [1.165, 1.54) is 16.2 Å². The van der Waals surface area contributed by atoms with Gasteiger partial charge in [0, 0.05) is 4.88 Å². The van der Waals surface area contributed by atoms with E-state index in [-0.39, 0.29) is 6.61 Å². The summed E-state index contributed by atoms with van der Waals surface area (Å²) in [5.41, 5.74) is 1.60. The Kier molecular flexibility index (Phi) is 5.52. The Morgan fingerprint density at radius 1 is 1.50 bits per heavy atom. The van der Waals surface area contributed by atoms with Crippen LogP contribution in [0.15, 0.2) is 0 Å². The van der Waals surface area contributed by atoms with E-state index in [9.17, 15) is 14.9 Å². The zero-order valence-electron chi connectivity index (χ0n) is 12.3. The molecule has 0 unspecified atom stereocenters. The van der Waals surface area contributed by atoms with E-state index < -0.39 is 18.5 Å². The maximum Gasteiger partial charge on any atom is 0.329 e. The molecule has 0 fully saturated rings. The van der Waals surface area contributed by atoms with Crippen LogP contribution in [-0.4, -0.2) is 30.2 Å². The summed E-state index contributed by atoms with van der Waals surface area (Å²) in [5.74, 6) is -0.925. The first-order valence-electron chi connectivity index (χ1n) is 7.19. The number of nitrogens with zero attached hydrogens (tertiary/aromatic N) is 1. The lowest BCUT2D eigenvalue weighted by atomic mass is 9.86. The van der Waals surface area contributed by atoms with Crippen molar-refractivity contribution in [3.05, 3.63) is 16.0 Å². The number of rotatable bonds is 6. The highest BCUT2D eigenvalue weighted by Crippen LogP contribution is 2.39. The second-order valence-corrected chi connectivity index (χ2v) is 6.38. The van der Waals surface area contributed by atoms with E-state index in [0.717, 1.165) is 31.2 Å². The van der Waals surface area contributed by atoms with Crippen molar-refractivity contribution >= 4 is 28.2 Å². The lowest BCUT2D eigenvalue weighted by Gasteiger charge is -2.20. The zero-order valence-corrected chi connectivity index (χ0v) is 13.2. The number of fused-ring (bicyclic) bond motifs is 1. The van der Waals surface area contributed by atoms with E-state index in [4.69, 9.17) is 9.84 Å². The summed E-state index contributed by atoms with van der Waals surface area (Å²) in [6, 6.07) is 2.18. The summed E-state index contributed by atoms with van der Waals surface area (Å²) < 4.78 is 4.75. The number of aliphatic carboxylic acids is 1. The van der Waals surface area contributed by atoms with Gasteiger partial charge in [-0.2, -0.15) is 5.26 Å². The second kappa shape index (κ2) is 7.38. The van der Waals surface area contributed by atoms with Crippen LogP contribution in [0, 0.1) is 17.2 Å². The van der Waals surface area contributed by atoms with Gasteiger partial charge in [-0.3, -0.25) is 4.79 Å². The number of nitriles is 1. The number of anilines is 1. The summed E-state index contributed by atoms with van der Waals surface area (Å²) in [6.45, 7) is 1.31. The number of carboxylic acid groups (broad SMARTS) is 1. The molecule has 1 atom stereocenters. The molecule has 0 radical (unpaired) electrons. The van der Waals surface area contributed by atoms with Gasteiger partial charge in [-0.25, -0.2) is 4.79 Å². The molecule has 22 heavy (non-hydrogen) atoms. The molecule has 6 nitrogen and oxygen atoms in total. The van der Waals surface area contributed by atoms with Gasteiger partial charge in [-0.1, -0.05) is 13.3 Å². The highest BCUT2D eigenvalue weighted by Gasteiger charge is 2.25. The van der Waals surface area contributed by atoms with Crippen molar-refractivity contribution in [3.63, 3.8) is 0 Å². The maximum absolute atomic E-state index is 11.8. The van der Waals surface area contributed by atoms with Gasteiger partial charge in [0.1, 0.15) is 24.3 Å². The van der Waals surface area contributed by atoms with Gasteiger partial charge in [0.05, 0.1) is 5.56 Å². The van der Waals surface area contributed by atoms with Gasteiger partial charge in [0.2, 0.25) is 0 Å². The van der Waals surface area contributed by atoms with Gasteiger partial charge >= 0.3 is 5.97 Å². The third-order valence-electron chi connectivity index (χ3n) is 3.77. The Labute approximate surface area is 132 Å². The van der Waals surface area contributed by atoms with E-state index in [1.54, 1.807) is 0 Å². The Hall–Kier alpha value is -1.91. The average molecular weight is 322 g/mol. The summed E-state index contributed by atoms with van der Waals surface area (Å²) in [5, 5.41) is 21.0. The minimum absolute atomic E-state index is 0.336. The average Bonchev–Trinajstić information content (AvgIpc) is 2.82. The summed E-state index contributed by atoms with van der Waals surface area (Å²) in [7, 11) is 0.